The fourth-order valence-corrected chi connectivity index (χ4v) is 4.20. The van der Waals surface area contributed by atoms with Gasteiger partial charge in [0.1, 0.15) is 13.2 Å². The van der Waals surface area contributed by atoms with Gasteiger partial charge in [-0.15, -0.1) is 0 Å². The first-order chi connectivity index (χ1) is 14.5. The van der Waals surface area contributed by atoms with Crippen molar-refractivity contribution in [2.45, 2.75) is 26.8 Å². The third kappa shape index (κ3) is 3.61. The number of allylic oxidation sites excluding steroid dienone is 1. The first-order valence-electron chi connectivity index (χ1n) is 9.95. The van der Waals surface area contributed by atoms with Gasteiger partial charge < -0.3 is 19.5 Å². The van der Waals surface area contributed by atoms with E-state index in [2.05, 4.69) is 5.32 Å². The maximum Gasteiger partial charge on any atom is 0.338 e. The van der Waals surface area contributed by atoms with Gasteiger partial charge in [0.25, 0.3) is 0 Å². The molecule has 156 valence electrons. The second-order valence-corrected chi connectivity index (χ2v) is 7.51. The van der Waals surface area contributed by atoms with Crippen molar-refractivity contribution in [3.63, 3.8) is 0 Å². The van der Waals surface area contributed by atoms with Crippen LogP contribution in [0.4, 0.5) is 5.69 Å². The molecule has 0 aromatic heterocycles. The molecule has 0 spiro atoms. The molecule has 0 saturated heterocycles. The zero-order valence-corrected chi connectivity index (χ0v) is 18.0. The number of hydrogen-bond donors (Lipinski definition) is 1. The third-order valence-electron chi connectivity index (χ3n) is 5.26. The monoisotopic (exact) mass is 424 g/mol. The highest BCUT2D eigenvalue weighted by Crippen LogP contribution is 2.39. The first-order valence-corrected chi connectivity index (χ1v) is 10.4. The highest BCUT2D eigenvalue weighted by molar-refractivity contribution is 7.80. The summed E-state index contributed by atoms with van der Waals surface area (Å²) in [5.41, 5.74) is 4.11. The average Bonchev–Trinajstić information content (AvgIpc) is 2.73. The minimum atomic E-state index is -0.383. The molecular weight excluding hydrogens is 400 g/mol. The number of ether oxygens (including phenoxy) is 3. The quantitative estimate of drug-likeness (QED) is 0.587. The van der Waals surface area contributed by atoms with Crippen LogP contribution in [0.5, 0.6) is 11.5 Å². The molecule has 0 fully saturated rings. The van der Waals surface area contributed by atoms with Crippen molar-refractivity contribution in [2.75, 3.05) is 24.7 Å². The Bertz CT molecular complexity index is 1030. The molecule has 6 nitrogen and oxygen atoms in total. The standard InChI is InChI=1S/C23H24N2O4S/c1-4-27-22(26)20-15(3)25(16-9-10-18-19(13-16)29-12-11-28-18)23(30)24-21(20)17-8-6-5-7-14(17)2/h5-10,13,21H,4,11-12H2,1-3H3,(H,24,30). The van der Waals surface area contributed by atoms with E-state index in [1.165, 1.54) is 0 Å². The Morgan fingerprint density at radius 2 is 1.90 bits per heavy atom. The summed E-state index contributed by atoms with van der Waals surface area (Å²) in [5.74, 6) is 1.000. The molecule has 30 heavy (non-hydrogen) atoms. The van der Waals surface area contributed by atoms with Crippen LogP contribution in [0.3, 0.4) is 0 Å². The van der Waals surface area contributed by atoms with Crippen LogP contribution in [-0.2, 0) is 9.53 Å². The van der Waals surface area contributed by atoms with E-state index < -0.39 is 0 Å². The van der Waals surface area contributed by atoms with E-state index in [-0.39, 0.29) is 12.0 Å². The minimum Gasteiger partial charge on any atom is -0.486 e. The second kappa shape index (κ2) is 8.36. The molecule has 1 unspecified atom stereocenters. The van der Waals surface area contributed by atoms with E-state index in [4.69, 9.17) is 26.4 Å². The summed E-state index contributed by atoms with van der Waals surface area (Å²) >= 11 is 5.72. The van der Waals surface area contributed by atoms with Gasteiger partial charge in [0.05, 0.1) is 23.9 Å². The lowest BCUT2D eigenvalue weighted by Crippen LogP contribution is -2.48. The van der Waals surface area contributed by atoms with Crippen molar-refractivity contribution in [2.24, 2.45) is 0 Å². The van der Waals surface area contributed by atoms with Crippen molar-refractivity contribution >= 4 is 29.0 Å². The minimum absolute atomic E-state index is 0.296. The maximum atomic E-state index is 13.0. The Balaban J connectivity index is 1.82. The molecule has 1 N–H and O–H groups in total. The molecule has 2 aliphatic heterocycles. The van der Waals surface area contributed by atoms with Crippen LogP contribution >= 0.6 is 12.2 Å². The summed E-state index contributed by atoms with van der Waals surface area (Å²) in [5, 5.41) is 3.85. The summed E-state index contributed by atoms with van der Waals surface area (Å²) in [4.78, 5) is 14.8. The number of carbonyl (C=O) groups is 1. The SMILES string of the molecule is CCOC(=O)C1=C(C)N(c2ccc3c(c2)OCCO3)C(=S)NC1c1ccccc1C. The van der Waals surface area contributed by atoms with Gasteiger partial charge in [-0.3, -0.25) is 4.90 Å². The number of nitrogens with zero attached hydrogens (tertiary/aromatic N) is 1. The van der Waals surface area contributed by atoms with Crippen molar-refractivity contribution in [3.05, 3.63) is 64.9 Å². The van der Waals surface area contributed by atoms with Crippen LogP contribution in [-0.4, -0.2) is 30.9 Å². The molecule has 2 heterocycles. The Labute approximate surface area is 181 Å². The smallest absolute Gasteiger partial charge is 0.338 e. The van der Waals surface area contributed by atoms with Gasteiger partial charge in [-0.25, -0.2) is 4.79 Å². The lowest BCUT2D eigenvalue weighted by atomic mass is 9.92. The average molecular weight is 425 g/mol. The van der Waals surface area contributed by atoms with Gasteiger partial charge in [-0.05, 0) is 56.2 Å². The maximum absolute atomic E-state index is 13.0. The summed E-state index contributed by atoms with van der Waals surface area (Å²) in [6, 6.07) is 13.2. The molecule has 0 aliphatic carbocycles. The number of anilines is 1. The van der Waals surface area contributed by atoms with Crippen LogP contribution in [0.15, 0.2) is 53.7 Å². The number of benzene rings is 2. The number of rotatable bonds is 4. The summed E-state index contributed by atoms with van der Waals surface area (Å²) in [6.45, 7) is 7.03. The Morgan fingerprint density at radius 3 is 2.63 bits per heavy atom. The number of carbonyl (C=O) groups excluding carboxylic acids is 1. The molecule has 2 aromatic rings. The predicted molar refractivity (Wildman–Crippen MR) is 119 cm³/mol. The number of fused-ring (bicyclic) bond motifs is 1. The topological polar surface area (TPSA) is 60.0 Å². The fraction of sp³-hybridized carbons (Fsp3) is 0.304. The van der Waals surface area contributed by atoms with Crippen molar-refractivity contribution in [1.82, 2.24) is 5.32 Å². The molecular formula is C23H24N2O4S. The van der Waals surface area contributed by atoms with Crippen LogP contribution < -0.4 is 19.7 Å². The van der Waals surface area contributed by atoms with Crippen molar-refractivity contribution in [3.8, 4) is 11.5 Å². The molecule has 7 heteroatoms. The van der Waals surface area contributed by atoms with E-state index in [9.17, 15) is 4.79 Å². The van der Waals surface area contributed by atoms with E-state index >= 15 is 0 Å². The van der Waals surface area contributed by atoms with E-state index in [1.54, 1.807) is 6.92 Å². The largest absolute Gasteiger partial charge is 0.486 e. The highest BCUT2D eigenvalue weighted by atomic mass is 32.1. The number of esters is 1. The fourth-order valence-electron chi connectivity index (χ4n) is 3.84. The van der Waals surface area contributed by atoms with Crippen molar-refractivity contribution < 1.29 is 19.0 Å². The van der Waals surface area contributed by atoms with Gasteiger partial charge in [0.15, 0.2) is 16.6 Å². The van der Waals surface area contributed by atoms with Crippen LogP contribution in [0.2, 0.25) is 0 Å². The summed E-state index contributed by atoms with van der Waals surface area (Å²) in [6.07, 6.45) is 0. The number of thiocarbonyl (C=S) groups is 1. The van der Waals surface area contributed by atoms with Crippen LogP contribution in [0.25, 0.3) is 0 Å². The molecule has 4 rings (SSSR count). The summed E-state index contributed by atoms with van der Waals surface area (Å²) < 4.78 is 16.7. The molecule has 0 radical (unpaired) electrons. The first kappa shape index (κ1) is 20.2. The lowest BCUT2D eigenvalue weighted by molar-refractivity contribution is -0.139. The third-order valence-corrected chi connectivity index (χ3v) is 5.56. The Kier molecular flexibility index (Phi) is 5.63. The molecule has 2 aliphatic rings. The molecule has 0 amide bonds. The van der Waals surface area contributed by atoms with Crippen LogP contribution in [0.1, 0.15) is 31.0 Å². The molecule has 1 atom stereocenters. The Hall–Kier alpha value is -3.06. The molecule has 0 saturated carbocycles. The van der Waals surface area contributed by atoms with E-state index in [0.29, 0.717) is 42.0 Å². The number of aryl methyl sites for hydroxylation is 1. The number of nitrogens with one attached hydrogen (secondary N) is 1. The highest BCUT2D eigenvalue weighted by Gasteiger charge is 2.36. The lowest BCUT2D eigenvalue weighted by Gasteiger charge is -2.38. The van der Waals surface area contributed by atoms with Gasteiger partial charge in [0, 0.05) is 11.8 Å². The predicted octanol–water partition coefficient (Wildman–Crippen LogP) is 4.04. The normalized spacial score (nSPS) is 18.2. The van der Waals surface area contributed by atoms with Gasteiger partial charge in [0.2, 0.25) is 0 Å². The second-order valence-electron chi connectivity index (χ2n) is 7.12. The zero-order valence-electron chi connectivity index (χ0n) is 17.2. The number of hydrogen-bond acceptors (Lipinski definition) is 5. The molecule has 0 bridgehead atoms. The van der Waals surface area contributed by atoms with Gasteiger partial charge in [-0.1, -0.05) is 24.3 Å². The Morgan fingerprint density at radius 1 is 1.17 bits per heavy atom. The summed E-state index contributed by atoms with van der Waals surface area (Å²) in [7, 11) is 0. The van der Waals surface area contributed by atoms with E-state index in [0.717, 1.165) is 22.5 Å². The van der Waals surface area contributed by atoms with Gasteiger partial charge >= 0.3 is 5.97 Å². The van der Waals surface area contributed by atoms with E-state index in [1.807, 2.05) is 61.2 Å². The molecule has 2 aromatic carbocycles. The van der Waals surface area contributed by atoms with Crippen molar-refractivity contribution in [1.29, 1.82) is 0 Å². The van der Waals surface area contributed by atoms with Crippen LogP contribution in [0, 0.1) is 6.92 Å². The van der Waals surface area contributed by atoms with Gasteiger partial charge in [-0.2, -0.15) is 0 Å². The zero-order chi connectivity index (χ0) is 21.3.